The zero-order valence-corrected chi connectivity index (χ0v) is 15.7. The molecule has 1 atom stereocenters. The number of carbonyl (C=O) groups excluding carboxylic acids is 1. The Morgan fingerprint density at radius 1 is 1.35 bits per heavy atom. The molecule has 1 saturated heterocycles. The number of nitrogens with two attached hydrogens (primary N) is 1. The van der Waals surface area contributed by atoms with Crippen molar-refractivity contribution < 1.29 is 9.53 Å². The summed E-state index contributed by atoms with van der Waals surface area (Å²) in [6.07, 6.45) is 4.98. The van der Waals surface area contributed by atoms with Crippen molar-refractivity contribution in [3.63, 3.8) is 0 Å². The lowest BCUT2D eigenvalue weighted by atomic mass is 9.79. The molecule has 1 aliphatic rings. The number of imidazole rings is 1. The summed E-state index contributed by atoms with van der Waals surface area (Å²) in [5, 5.41) is 3.45. The number of hydrogen-bond acceptors (Lipinski definition) is 5. The SMILES string of the molecule is Cc1ncn(-c2ccc(C(C)NCC3(C(N)=O)CCOCC3)cn2)c1C. The summed E-state index contributed by atoms with van der Waals surface area (Å²) in [6.45, 7) is 7.79. The summed E-state index contributed by atoms with van der Waals surface area (Å²) in [6, 6.07) is 4.11. The van der Waals surface area contributed by atoms with Crippen LogP contribution in [-0.4, -0.2) is 40.2 Å². The molecule has 0 bridgehead atoms. The molecule has 1 fully saturated rings. The van der Waals surface area contributed by atoms with Crippen LogP contribution in [0.3, 0.4) is 0 Å². The third-order valence-corrected chi connectivity index (χ3v) is 5.49. The van der Waals surface area contributed by atoms with Crippen molar-refractivity contribution in [2.24, 2.45) is 11.1 Å². The molecule has 2 aromatic rings. The van der Waals surface area contributed by atoms with Gasteiger partial charge < -0.3 is 15.8 Å². The first-order valence-corrected chi connectivity index (χ1v) is 9.01. The van der Waals surface area contributed by atoms with Crippen molar-refractivity contribution in [2.45, 2.75) is 39.7 Å². The lowest BCUT2D eigenvalue weighted by Gasteiger charge is -2.35. The highest BCUT2D eigenvalue weighted by molar-refractivity contribution is 5.81. The number of nitrogens with zero attached hydrogens (tertiary/aromatic N) is 3. The summed E-state index contributed by atoms with van der Waals surface area (Å²) in [5.41, 5.74) is 8.30. The molecule has 0 spiro atoms. The fraction of sp³-hybridized carbons (Fsp3) is 0.526. The predicted molar refractivity (Wildman–Crippen MR) is 98.9 cm³/mol. The van der Waals surface area contributed by atoms with Crippen LogP contribution < -0.4 is 11.1 Å². The van der Waals surface area contributed by atoms with Crippen molar-refractivity contribution in [1.29, 1.82) is 0 Å². The number of primary amides is 1. The molecule has 1 unspecified atom stereocenters. The molecular weight excluding hydrogens is 330 g/mol. The molecule has 2 aromatic heterocycles. The van der Waals surface area contributed by atoms with Crippen LogP contribution in [0.1, 0.15) is 42.8 Å². The Hall–Kier alpha value is -2.25. The van der Waals surface area contributed by atoms with Gasteiger partial charge in [0.05, 0.1) is 11.1 Å². The van der Waals surface area contributed by atoms with E-state index in [0.29, 0.717) is 32.6 Å². The van der Waals surface area contributed by atoms with Gasteiger partial charge in [-0.3, -0.25) is 9.36 Å². The van der Waals surface area contributed by atoms with Crippen LogP contribution in [0, 0.1) is 19.3 Å². The standard InChI is InChI=1S/C19H27N5O2/c1-13-15(3)24(12-23-13)17-5-4-16(10-21-17)14(2)22-11-19(18(20)25)6-8-26-9-7-19/h4-5,10,12,14,22H,6-9,11H2,1-3H3,(H2,20,25). The van der Waals surface area contributed by atoms with E-state index >= 15 is 0 Å². The van der Waals surface area contributed by atoms with Gasteiger partial charge in [0.1, 0.15) is 12.1 Å². The predicted octanol–water partition coefficient (Wildman–Crippen LogP) is 1.82. The molecule has 1 aliphatic heterocycles. The molecule has 0 radical (unpaired) electrons. The summed E-state index contributed by atoms with van der Waals surface area (Å²) in [7, 11) is 0. The maximum Gasteiger partial charge on any atom is 0.225 e. The van der Waals surface area contributed by atoms with E-state index in [-0.39, 0.29) is 11.9 Å². The molecule has 7 heteroatoms. The Morgan fingerprint density at radius 2 is 2.08 bits per heavy atom. The zero-order chi connectivity index (χ0) is 18.7. The van der Waals surface area contributed by atoms with Gasteiger partial charge in [0.2, 0.25) is 5.91 Å². The van der Waals surface area contributed by atoms with E-state index in [1.165, 1.54) is 0 Å². The van der Waals surface area contributed by atoms with E-state index in [1.54, 1.807) is 6.33 Å². The van der Waals surface area contributed by atoms with Crippen LogP contribution in [-0.2, 0) is 9.53 Å². The Morgan fingerprint density at radius 3 is 2.62 bits per heavy atom. The second-order valence-electron chi connectivity index (χ2n) is 7.09. The zero-order valence-electron chi connectivity index (χ0n) is 15.7. The van der Waals surface area contributed by atoms with Gasteiger partial charge in [-0.15, -0.1) is 0 Å². The van der Waals surface area contributed by atoms with Crippen molar-refractivity contribution in [2.75, 3.05) is 19.8 Å². The number of aromatic nitrogens is 3. The van der Waals surface area contributed by atoms with Crippen molar-refractivity contribution in [3.8, 4) is 5.82 Å². The van der Waals surface area contributed by atoms with Crippen LogP contribution in [0.15, 0.2) is 24.7 Å². The Labute approximate surface area is 154 Å². The maximum atomic E-state index is 12.0. The Bertz CT molecular complexity index is 763. The van der Waals surface area contributed by atoms with E-state index in [4.69, 9.17) is 10.5 Å². The average Bonchev–Trinajstić information content (AvgIpc) is 2.99. The molecule has 0 aromatic carbocycles. The van der Waals surface area contributed by atoms with Gasteiger partial charge in [-0.1, -0.05) is 6.07 Å². The number of hydrogen-bond donors (Lipinski definition) is 2. The van der Waals surface area contributed by atoms with Gasteiger partial charge in [0, 0.05) is 37.7 Å². The Kier molecular flexibility index (Phi) is 5.38. The fourth-order valence-corrected chi connectivity index (χ4v) is 3.26. The number of rotatable bonds is 6. The summed E-state index contributed by atoms with van der Waals surface area (Å²) >= 11 is 0. The van der Waals surface area contributed by atoms with Gasteiger partial charge in [-0.25, -0.2) is 9.97 Å². The second-order valence-corrected chi connectivity index (χ2v) is 7.09. The normalized spacial score (nSPS) is 17.8. The molecule has 7 nitrogen and oxygen atoms in total. The van der Waals surface area contributed by atoms with Gasteiger partial charge in [-0.2, -0.15) is 0 Å². The maximum absolute atomic E-state index is 12.0. The van der Waals surface area contributed by atoms with Crippen LogP contribution in [0.4, 0.5) is 0 Å². The first-order valence-electron chi connectivity index (χ1n) is 9.01. The minimum Gasteiger partial charge on any atom is -0.381 e. The highest BCUT2D eigenvalue weighted by Gasteiger charge is 2.38. The van der Waals surface area contributed by atoms with E-state index in [9.17, 15) is 4.79 Å². The number of aryl methyl sites for hydroxylation is 1. The van der Waals surface area contributed by atoms with Gasteiger partial charge in [0.25, 0.3) is 0 Å². The number of amides is 1. The topological polar surface area (TPSA) is 95.1 Å². The lowest BCUT2D eigenvalue weighted by molar-refractivity contribution is -0.133. The monoisotopic (exact) mass is 357 g/mol. The lowest BCUT2D eigenvalue weighted by Crippen LogP contribution is -2.48. The van der Waals surface area contributed by atoms with E-state index in [1.807, 2.05) is 30.7 Å². The van der Waals surface area contributed by atoms with Crippen LogP contribution >= 0.6 is 0 Å². The summed E-state index contributed by atoms with van der Waals surface area (Å²) in [5.74, 6) is 0.594. The number of pyridine rings is 1. The van der Waals surface area contributed by atoms with Crippen molar-refractivity contribution in [1.82, 2.24) is 19.9 Å². The van der Waals surface area contributed by atoms with Crippen molar-refractivity contribution in [3.05, 3.63) is 41.6 Å². The molecule has 140 valence electrons. The number of ether oxygens (including phenoxy) is 1. The molecule has 3 heterocycles. The smallest absolute Gasteiger partial charge is 0.225 e. The van der Waals surface area contributed by atoms with Crippen LogP contribution in [0.5, 0.6) is 0 Å². The molecule has 26 heavy (non-hydrogen) atoms. The third kappa shape index (κ3) is 3.64. The summed E-state index contributed by atoms with van der Waals surface area (Å²) in [4.78, 5) is 20.8. The number of nitrogens with one attached hydrogen (secondary N) is 1. The minimum absolute atomic E-state index is 0.0706. The van der Waals surface area contributed by atoms with Gasteiger partial charge in [-0.05, 0) is 45.2 Å². The van der Waals surface area contributed by atoms with Crippen LogP contribution in [0.2, 0.25) is 0 Å². The van der Waals surface area contributed by atoms with Gasteiger partial charge >= 0.3 is 0 Å². The quantitative estimate of drug-likeness (QED) is 0.822. The fourth-order valence-electron chi connectivity index (χ4n) is 3.26. The third-order valence-electron chi connectivity index (χ3n) is 5.49. The van der Waals surface area contributed by atoms with Crippen molar-refractivity contribution >= 4 is 5.91 Å². The largest absolute Gasteiger partial charge is 0.381 e. The second kappa shape index (κ2) is 7.55. The van der Waals surface area contributed by atoms with Gasteiger partial charge in [0.15, 0.2) is 0 Å². The Balaban J connectivity index is 1.67. The molecule has 1 amide bonds. The molecule has 0 saturated carbocycles. The van der Waals surface area contributed by atoms with E-state index < -0.39 is 5.41 Å². The highest BCUT2D eigenvalue weighted by Crippen LogP contribution is 2.30. The molecular formula is C19H27N5O2. The molecule has 3 rings (SSSR count). The number of carbonyl (C=O) groups is 1. The molecule has 3 N–H and O–H groups in total. The van der Waals surface area contributed by atoms with E-state index in [2.05, 4.69) is 28.3 Å². The van der Waals surface area contributed by atoms with E-state index in [0.717, 1.165) is 22.8 Å². The average molecular weight is 357 g/mol. The van der Waals surface area contributed by atoms with Crippen LogP contribution in [0.25, 0.3) is 5.82 Å². The summed E-state index contributed by atoms with van der Waals surface area (Å²) < 4.78 is 7.35. The first kappa shape index (κ1) is 18.5. The molecule has 0 aliphatic carbocycles. The first-order chi connectivity index (χ1) is 12.4. The minimum atomic E-state index is -0.522. The highest BCUT2D eigenvalue weighted by atomic mass is 16.5.